The predicted molar refractivity (Wildman–Crippen MR) is 151 cm³/mol. The van der Waals surface area contributed by atoms with Crippen molar-refractivity contribution in [1.29, 1.82) is 0 Å². The van der Waals surface area contributed by atoms with Gasteiger partial charge in [-0.15, -0.1) is 0 Å². The highest BCUT2D eigenvalue weighted by molar-refractivity contribution is 6.34. The number of unbranched alkanes of at least 4 members (excludes halogenated alkanes) is 5. The fourth-order valence-corrected chi connectivity index (χ4v) is 5.76. The molecule has 0 saturated heterocycles. The molecular weight excluding hydrogens is 424 g/mol. The summed E-state index contributed by atoms with van der Waals surface area (Å²) in [4.78, 5) is 0. The number of ether oxygens (including phenoxy) is 1. The highest BCUT2D eigenvalue weighted by Crippen LogP contribution is 2.46. The second kappa shape index (κ2) is 9.58. The Labute approximate surface area is 207 Å². The van der Waals surface area contributed by atoms with Gasteiger partial charge in [-0.05, 0) is 68.9 Å². The molecule has 0 amide bonds. The molecule has 0 aliphatic rings. The average molecular weight is 457 g/mol. The van der Waals surface area contributed by atoms with Crippen molar-refractivity contribution in [2.75, 3.05) is 0 Å². The highest BCUT2D eigenvalue weighted by atomic mass is 16.5. The van der Waals surface area contributed by atoms with E-state index in [0.29, 0.717) is 0 Å². The maximum Gasteiger partial charge on any atom is 0.139 e. The summed E-state index contributed by atoms with van der Waals surface area (Å²) < 4.78 is 6.77. The molecule has 0 bridgehead atoms. The van der Waals surface area contributed by atoms with E-state index in [0.717, 1.165) is 17.9 Å². The summed E-state index contributed by atoms with van der Waals surface area (Å²) in [6.07, 6.45) is 8.80. The van der Waals surface area contributed by atoms with Gasteiger partial charge in [0, 0.05) is 10.8 Å². The minimum atomic E-state index is 0.899. The van der Waals surface area contributed by atoms with E-state index in [9.17, 15) is 0 Å². The lowest BCUT2D eigenvalue weighted by Gasteiger charge is -2.20. The maximum absolute atomic E-state index is 6.77. The Bertz CT molecular complexity index is 1590. The number of para-hydroxylation sites is 1. The van der Waals surface area contributed by atoms with Crippen molar-refractivity contribution in [1.82, 2.24) is 0 Å². The van der Waals surface area contributed by atoms with Crippen molar-refractivity contribution < 1.29 is 4.74 Å². The van der Waals surface area contributed by atoms with Gasteiger partial charge in [0.2, 0.25) is 0 Å². The van der Waals surface area contributed by atoms with Crippen molar-refractivity contribution in [3.63, 3.8) is 0 Å². The smallest absolute Gasteiger partial charge is 0.139 e. The standard InChI is InChI=1S/C34H32O/c1-2-3-4-5-6-8-14-26-23-25-17-13-21-29-28-20-11-15-24-16-12-22-30(31(24)28)33(32(25)29)34(26)35-27-18-9-7-10-19-27/h7,9-13,15-23H,2-6,8,14H2,1H3. The van der Waals surface area contributed by atoms with Gasteiger partial charge >= 0.3 is 0 Å². The van der Waals surface area contributed by atoms with E-state index in [1.54, 1.807) is 0 Å². The summed E-state index contributed by atoms with van der Waals surface area (Å²) >= 11 is 0. The summed E-state index contributed by atoms with van der Waals surface area (Å²) in [7, 11) is 0. The summed E-state index contributed by atoms with van der Waals surface area (Å²) in [5, 5.41) is 10.4. The van der Waals surface area contributed by atoms with Crippen LogP contribution < -0.4 is 4.74 Å². The molecule has 6 aromatic rings. The molecule has 0 unspecified atom stereocenters. The van der Waals surface area contributed by atoms with Crippen molar-refractivity contribution in [3.8, 4) is 11.5 Å². The first-order valence-electron chi connectivity index (χ1n) is 13.2. The van der Waals surface area contributed by atoms with Gasteiger partial charge in [0.15, 0.2) is 0 Å². The molecule has 0 N–H and O–H groups in total. The summed E-state index contributed by atoms with van der Waals surface area (Å²) in [5.74, 6) is 1.93. The molecule has 0 spiro atoms. The van der Waals surface area contributed by atoms with Crippen molar-refractivity contribution in [3.05, 3.63) is 96.6 Å². The number of benzene rings is 6. The molecule has 0 atom stereocenters. The van der Waals surface area contributed by atoms with E-state index < -0.39 is 0 Å². The number of hydrogen-bond acceptors (Lipinski definition) is 1. The topological polar surface area (TPSA) is 9.23 Å². The normalized spacial score (nSPS) is 11.8. The van der Waals surface area contributed by atoms with Crippen LogP contribution in [-0.4, -0.2) is 0 Å². The van der Waals surface area contributed by atoms with Crippen LogP contribution in [0.3, 0.4) is 0 Å². The Morgan fingerprint density at radius 1 is 0.543 bits per heavy atom. The molecule has 0 radical (unpaired) electrons. The molecule has 1 nitrogen and oxygen atoms in total. The molecule has 0 aliphatic heterocycles. The Hall–Kier alpha value is -3.58. The largest absolute Gasteiger partial charge is 0.456 e. The van der Waals surface area contributed by atoms with Crippen LogP contribution in [-0.2, 0) is 6.42 Å². The van der Waals surface area contributed by atoms with Crippen molar-refractivity contribution >= 4 is 43.1 Å². The van der Waals surface area contributed by atoms with E-state index in [1.165, 1.54) is 87.2 Å². The van der Waals surface area contributed by atoms with Gasteiger partial charge in [-0.25, -0.2) is 0 Å². The maximum atomic E-state index is 6.77. The van der Waals surface area contributed by atoms with Crippen LogP contribution in [0.4, 0.5) is 0 Å². The monoisotopic (exact) mass is 456 g/mol. The van der Waals surface area contributed by atoms with Crippen LogP contribution in [0.2, 0.25) is 0 Å². The third kappa shape index (κ3) is 4.00. The fourth-order valence-electron chi connectivity index (χ4n) is 5.76. The second-order valence-corrected chi connectivity index (χ2v) is 9.79. The quantitative estimate of drug-likeness (QED) is 0.119. The number of rotatable bonds is 9. The summed E-state index contributed by atoms with van der Waals surface area (Å²) in [6, 6.07) is 32.8. The van der Waals surface area contributed by atoms with E-state index in [-0.39, 0.29) is 0 Å². The molecule has 35 heavy (non-hydrogen) atoms. The molecule has 0 saturated carbocycles. The second-order valence-electron chi connectivity index (χ2n) is 9.79. The van der Waals surface area contributed by atoms with Crippen LogP contribution in [0.25, 0.3) is 43.1 Å². The Morgan fingerprint density at radius 2 is 1.20 bits per heavy atom. The number of aryl methyl sites for hydroxylation is 1. The van der Waals surface area contributed by atoms with E-state index in [2.05, 4.69) is 91.9 Å². The molecule has 0 aliphatic carbocycles. The number of fused-ring (bicyclic) bond motifs is 2. The fraction of sp³-hybridized carbons (Fsp3) is 0.235. The molecule has 6 aromatic carbocycles. The molecule has 0 heterocycles. The predicted octanol–water partition coefficient (Wildman–Crippen LogP) is 10.4. The SMILES string of the molecule is CCCCCCCCc1cc2cccc3c4cccc5cccc(c(c1Oc1ccccc1)c23)c54. The van der Waals surface area contributed by atoms with E-state index in [1.807, 2.05) is 6.07 Å². The van der Waals surface area contributed by atoms with Crippen LogP contribution in [0.1, 0.15) is 51.0 Å². The lowest BCUT2D eigenvalue weighted by Crippen LogP contribution is -1.97. The van der Waals surface area contributed by atoms with Gasteiger partial charge in [0.1, 0.15) is 11.5 Å². The van der Waals surface area contributed by atoms with Crippen molar-refractivity contribution in [2.24, 2.45) is 0 Å². The zero-order valence-electron chi connectivity index (χ0n) is 20.5. The zero-order valence-corrected chi connectivity index (χ0v) is 20.5. The first-order valence-corrected chi connectivity index (χ1v) is 13.2. The van der Waals surface area contributed by atoms with Crippen LogP contribution in [0, 0.1) is 0 Å². The Morgan fingerprint density at radius 3 is 1.97 bits per heavy atom. The van der Waals surface area contributed by atoms with Gasteiger partial charge in [-0.2, -0.15) is 0 Å². The van der Waals surface area contributed by atoms with Gasteiger partial charge in [-0.1, -0.05) is 112 Å². The molecule has 1 heteroatoms. The van der Waals surface area contributed by atoms with Gasteiger partial charge < -0.3 is 4.74 Å². The van der Waals surface area contributed by atoms with Gasteiger partial charge in [-0.3, -0.25) is 0 Å². The van der Waals surface area contributed by atoms with E-state index in [4.69, 9.17) is 4.74 Å². The molecule has 0 aromatic heterocycles. The minimum Gasteiger partial charge on any atom is -0.456 e. The van der Waals surface area contributed by atoms with Crippen molar-refractivity contribution in [2.45, 2.75) is 51.9 Å². The van der Waals surface area contributed by atoms with Crippen LogP contribution in [0.5, 0.6) is 11.5 Å². The zero-order chi connectivity index (χ0) is 23.6. The Balaban J connectivity index is 1.59. The molecular formula is C34H32O. The Kier molecular flexibility index (Phi) is 6.00. The highest BCUT2D eigenvalue weighted by Gasteiger charge is 2.19. The van der Waals surface area contributed by atoms with Gasteiger partial charge in [0.05, 0.1) is 0 Å². The third-order valence-electron chi connectivity index (χ3n) is 7.42. The minimum absolute atomic E-state index is 0.899. The summed E-state index contributed by atoms with van der Waals surface area (Å²) in [5.41, 5.74) is 1.32. The summed E-state index contributed by atoms with van der Waals surface area (Å²) in [6.45, 7) is 2.28. The third-order valence-corrected chi connectivity index (χ3v) is 7.42. The lowest BCUT2D eigenvalue weighted by atomic mass is 9.87. The van der Waals surface area contributed by atoms with E-state index >= 15 is 0 Å². The lowest BCUT2D eigenvalue weighted by molar-refractivity contribution is 0.480. The molecule has 6 rings (SSSR count). The van der Waals surface area contributed by atoms with Crippen LogP contribution in [0.15, 0.2) is 91.0 Å². The molecule has 0 fully saturated rings. The molecule has 174 valence electrons. The number of hydrogen-bond donors (Lipinski definition) is 0. The average Bonchev–Trinajstić information content (AvgIpc) is 2.90. The van der Waals surface area contributed by atoms with Crippen LogP contribution >= 0.6 is 0 Å². The van der Waals surface area contributed by atoms with Gasteiger partial charge in [0.25, 0.3) is 0 Å². The first-order chi connectivity index (χ1) is 17.3. The first kappa shape index (κ1) is 21.9.